The second-order valence-electron chi connectivity index (χ2n) is 6.40. The highest BCUT2D eigenvalue weighted by Crippen LogP contribution is 2.39. The lowest BCUT2D eigenvalue weighted by Gasteiger charge is -2.17. The highest BCUT2D eigenvalue weighted by molar-refractivity contribution is 7.99. The van der Waals surface area contributed by atoms with E-state index in [1.165, 1.54) is 30.2 Å². The Bertz CT molecular complexity index is 706. The van der Waals surface area contributed by atoms with Crippen LogP contribution in [0.1, 0.15) is 55.1 Å². The minimum Gasteiger partial charge on any atom is -0.349 e. The second-order valence-corrected chi connectivity index (χ2v) is 7.34. The van der Waals surface area contributed by atoms with Crippen molar-refractivity contribution in [2.24, 2.45) is 7.05 Å². The average Bonchev–Trinajstić information content (AvgIpc) is 3.35. The fraction of sp³-hybridized carbons (Fsp3) is 0.500. The Labute approximate surface area is 147 Å². The summed E-state index contributed by atoms with van der Waals surface area (Å²) in [5.41, 5.74) is 2.38. The van der Waals surface area contributed by atoms with Crippen LogP contribution in [-0.4, -0.2) is 26.4 Å². The van der Waals surface area contributed by atoms with Crippen LogP contribution in [0.15, 0.2) is 29.4 Å². The number of nitrogens with one attached hydrogen (secondary N) is 1. The molecule has 2 aromatic rings. The predicted octanol–water partition coefficient (Wildman–Crippen LogP) is 3.36. The van der Waals surface area contributed by atoms with E-state index in [1.807, 2.05) is 11.6 Å². The molecule has 1 aliphatic rings. The molecule has 5 nitrogen and oxygen atoms in total. The summed E-state index contributed by atoms with van der Waals surface area (Å²) in [5, 5.41) is 12.4. The van der Waals surface area contributed by atoms with E-state index in [9.17, 15) is 4.79 Å². The molecule has 1 fully saturated rings. The van der Waals surface area contributed by atoms with Crippen molar-refractivity contribution in [1.82, 2.24) is 20.1 Å². The van der Waals surface area contributed by atoms with Gasteiger partial charge in [0, 0.05) is 13.0 Å². The first kappa shape index (κ1) is 17.0. The van der Waals surface area contributed by atoms with Crippen LogP contribution >= 0.6 is 11.8 Å². The Morgan fingerprint density at radius 3 is 2.67 bits per heavy atom. The number of rotatable bonds is 7. The van der Waals surface area contributed by atoms with E-state index in [4.69, 9.17) is 0 Å². The van der Waals surface area contributed by atoms with Gasteiger partial charge in [0.05, 0.1) is 11.8 Å². The third kappa shape index (κ3) is 3.98. The summed E-state index contributed by atoms with van der Waals surface area (Å²) in [4.78, 5) is 12.3. The highest BCUT2D eigenvalue weighted by atomic mass is 32.2. The van der Waals surface area contributed by atoms with Gasteiger partial charge in [0.25, 0.3) is 0 Å². The Kier molecular flexibility index (Phi) is 5.23. The molecule has 0 aliphatic heterocycles. The zero-order chi connectivity index (χ0) is 17.1. The lowest BCUT2D eigenvalue weighted by Crippen LogP contribution is -2.29. The number of thioether (sulfide) groups is 1. The van der Waals surface area contributed by atoms with Gasteiger partial charge in [-0.15, -0.1) is 10.2 Å². The number of carbonyl (C=O) groups excluding carboxylic acids is 1. The molecule has 3 rings (SSSR count). The summed E-state index contributed by atoms with van der Waals surface area (Å²) in [6, 6.07) is 8.39. The third-order valence-corrected chi connectivity index (χ3v) is 5.39. The fourth-order valence-corrected chi connectivity index (χ4v) is 3.46. The van der Waals surface area contributed by atoms with Crippen molar-refractivity contribution in [1.29, 1.82) is 0 Å². The van der Waals surface area contributed by atoms with Crippen molar-refractivity contribution in [3.05, 3.63) is 41.2 Å². The van der Waals surface area contributed by atoms with Crippen molar-refractivity contribution in [3.8, 4) is 0 Å². The van der Waals surface area contributed by atoms with Crippen LogP contribution in [0.3, 0.4) is 0 Å². The number of carbonyl (C=O) groups is 1. The van der Waals surface area contributed by atoms with Gasteiger partial charge in [0.15, 0.2) is 5.16 Å². The van der Waals surface area contributed by atoms with Crippen LogP contribution in [0, 0.1) is 6.92 Å². The van der Waals surface area contributed by atoms with Gasteiger partial charge >= 0.3 is 0 Å². The van der Waals surface area contributed by atoms with Crippen LogP contribution in [0.5, 0.6) is 0 Å². The van der Waals surface area contributed by atoms with Gasteiger partial charge in [-0.25, -0.2) is 0 Å². The monoisotopic (exact) mass is 344 g/mol. The molecule has 1 N–H and O–H groups in total. The summed E-state index contributed by atoms with van der Waals surface area (Å²) in [5.74, 6) is 2.00. The van der Waals surface area contributed by atoms with Gasteiger partial charge in [0.1, 0.15) is 5.82 Å². The third-order valence-electron chi connectivity index (χ3n) is 4.37. The Balaban J connectivity index is 1.55. The molecule has 128 valence electrons. The molecule has 1 heterocycles. The maximum atomic E-state index is 12.3. The highest BCUT2D eigenvalue weighted by Gasteiger charge is 2.29. The van der Waals surface area contributed by atoms with E-state index in [0.717, 1.165) is 23.0 Å². The van der Waals surface area contributed by atoms with E-state index in [-0.39, 0.29) is 11.9 Å². The molecule has 0 spiro atoms. The van der Waals surface area contributed by atoms with Crippen molar-refractivity contribution < 1.29 is 4.79 Å². The van der Waals surface area contributed by atoms with Crippen LogP contribution in [-0.2, 0) is 11.8 Å². The SMILES string of the molecule is CC[C@@H](NC(=O)CSc1nnc(C2CC2)n1C)c1ccc(C)cc1. The minimum absolute atomic E-state index is 0.0309. The first-order chi connectivity index (χ1) is 11.6. The number of benzene rings is 1. The fourth-order valence-electron chi connectivity index (χ4n) is 2.73. The van der Waals surface area contributed by atoms with Crippen molar-refractivity contribution in [2.45, 2.75) is 50.2 Å². The van der Waals surface area contributed by atoms with E-state index >= 15 is 0 Å². The number of hydrogen-bond donors (Lipinski definition) is 1. The molecule has 0 bridgehead atoms. The molecule has 1 saturated carbocycles. The molecule has 1 atom stereocenters. The van der Waals surface area contributed by atoms with Crippen LogP contribution in [0.4, 0.5) is 0 Å². The normalized spacial score (nSPS) is 15.3. The van der Waals surface area contributed by atoms with Gasteiger partial charge in [-0.05, 0) is 31.7 Å². The van der Waals surface area contributed by atoms with Gasteiger partial charge in [-0.3, -0.25) is 4.79 Å². The van der Waals surface area contributed by atoms with E-state index in [1.54, 1.807) is 0 Å². The molecule has 0 radical (unpaired) electrons. The summed E-state index contributed by atoms with van der Waals surface area (Å²) < 4.78 is 2.02. The van der Waals surface area contributed by atoms with Crippen molar-refractivity contribution in [2.75, 3.05) is 5.75 Å². The molecular weight excluding hydrogens is 320 g/mol. The molecule has 1 aliphatic carbocycles. The first-order valence-electron chi connectivity index (χ1n) is 8.46. The van der Waals surface area contributed by atoms with Crippen LogP contribution in [0.25, 0.3) is 0 Å². The quantitative estimate of drug-likeness (QED) is 0.783. The van der Waals surface area contributed by atoms with Crippen LogP contribution in [0.2, 0.25) is 0 Å². The Morgan fingerprint density at radius 1 is 1.33 bits per heavy atom. The molecule has 1 amide bonds. The average molecular weight is 344 g/mol. The van der Waals surface area contributed by atoms with Gasteiger partial charge in [0.2, 0.25) is 5.91 Å². The maximum absolute atomic E-state index is 12.3. The lowest BCUT2D eigenvalue weighted by atomic mass is 10.0. The zero-order valence-electron chi connectivity index (χ0n) is 14.5. The molecule has 1 aromatic heterocycles. The van der Waals surface area contributed by atoms with Crippen molar-refractivity contribution in [3.63, 3.8) is 0 Å². The smallest absolute Gasteiger partial charge is 0.230 e. The summed E-state index contributed by atoms with van der Waals surface area (Å²) in [6.45, 7) is 4.15. The topological polar surface area (TPSA) is 59.8 Å². The number of aromatic nitrogens is 3. The Hall–Kier alpha value is -1.82. The van der Waals surface area contributed by atoms with Crippen molar-refractivity contribution >= 4 is 17.7 Å². The molecule has 6 heteroatoms. The van der Waals surface area contributed by atoms with Gasteiger partial charge in [-0.1, -0.05) is 48.5 Å². The summed E-state index contributed by atoms with van der Waals surface area (Å²) >= 11 is 1.45. The molecule has 0 unspecified atom stereocenters. The van der Waals surface area contributed by atoms with Crippen LogP contribution < -0.4 is 5.32 Å². The molecule has 24 heavy (non-hydrogen) atoms. The molecule has 1 aromatic carbocycles. The first-order valence-corrected chi connectivity index (χ1v) is 9.45. The zero-order valence-corrected chi connectivity index (χ0v) is 15.3. The number of aryl methyl sites for hydroxylation is 1. The molecule has 0 saturated heterocycles. The number of nitrogens with zero attached hydrogens (tertiary/aromatic N) is 3. The summed E-state index contributed by atoms with van der Waals surface area (Å²) in [7, 11) is 1.98. The van der Waals surface area contributed by atoms with E-state index in [2.05, 4.69) is 53.6 Å². The minimum atomic E-state index is 0.0309. The van der Waals surface area contributed by atoms with Gasteiger partial charge < -0.3 is 9.88 Å². The van der Waals surface area contributed by atoms with E-state index in [0.29, 0.717) is 11.7 Å². The number of hydrogen-bond acceptors (Lipinski definition) is 4. The lowest BCUT2D eigenvalue weighted by molar-refractivity contribution is -0.119. The standard InChI is InChI=1S/C18H24N4OS/c1-4-15(13-7-5-12(2)6-8-13)19-16(23)11-24-18-21-20-17(22(18)3)14-9-10-14/h5-8,14-15H,4,9-11H2,1-3H3,(H,19,23)/t15-/m1/s1. The van der Waals surface area contributed by atoms with Gasteiger partial charge in [-0.2, -0.15) is 0 Å². The molecular formula is C18H24N4OS. The maximum Gasteiger partial charge on any atom is 0.230 e. The predicted molar refractivity (Wildman–Crippen MR) is 96.1 cm³/mol. The largest absolute Gasteiger partial charge is 0.349 e. The summed E-state index contributed by atoms with van der Waals surface area (Å²) in [6.07, 6.45) is 3.27. The Morgan fingerprint density at radius 2 is 2.04 bits per heavy atom. The second kappa shape index (κ2) is 7.38. The van der Waals surface area contributed by atoms with E-state index < -0.39 is 0 Å². The number of amides is 1.